The van der Waals surface area contributed by atoms with Gasteiger partial charge in [0, 0.05) is 31.2 Å². The van der Waals surface area contributed by atoms with E-state index in [4.69, 9.17) is 11.6 Å². The van der Waals surface area contributed by atoms with E-state index in [-0.39, 0.29) is 5.91 Å². The maximum atomic E-state index is 12.1. The number of hydrogen-bond donors (Lipinski definition) is 0. The number of hydrogen-bond acceptors (Lipinski definition) is 2. The first-order valence-electron chi connectivity index (χ1n) is 5.91. The highest BCUT2D eigenvalue weighted by atomic mass is 35.5. The molecule has 2 amide bonds. The van der Waals surface area contributed by atoms with Crippen molar-refractivity contribution in [2.45, 2.75) is 6.42 Å². The fraction of sp³-hybridized carbons (Fsp3) is 0.385. The third kappa shape index (κ3) is 3.01. The summed E-state index contributed by atoms with van der Waals surface area (Å²) < 4.78 is 0. The first-order valence-corrected chi connectivity index (χ1v) is 6.29. The van der Waals surface area contributed by atoms with Gasteiger partial charge in [0.2, 0.25) is 12.3 Å². The molecule has 0 spiro atoms. The molecule has 1 aromatic carbocycles. The summed E-state index contributed by atoms with van der Waals surface area (Å²) in [5.74, 6) is 0.0636. The van der Waals surface area contributed by atoms with Gasteiger partial charge in [0.1, 0.15) is 0 Å². The minimum Gasteiger partial charge on any atom is -0.342 e. The van der Waals surface area contributed by atoms with E-state index in [9.17, 15) is 9.59 Å². The summed E-state index contributed by atoms with van der Waals surface area (Å²) in [4.78, 5) is 26.1. The van der Waals surface area contributed by atoms with E-state index in [1.807, 2.05) is 18.2 Å². The van der Waals surface area contributed by atoms with Crippen LogP contribution in [0.3, 0.4) is 0 Å². The summed E-state index contributed by atoms with van der Waals surface area (Å²) in [5.41, 5.74) is 0.849. The molecule has 0 radical (unpaired) electrons. The van der Waals surface area contributed by atoms with Crippen LogP contribution in [0, 0.1) is 0 Å². The molecule has 0 aromatic heterocycles. The number of amides is 2. The maximum absolute atomic E-state index is 12.1. The van der Waals surface area contributed by atoms with Crippen LogP contribution < -0.4 is 0 Å². The van der Waals surface area contributed by atoms with Gasteiger partial charge in [0.15, 0.2) is 0 Å². The number of piperazine rings is 1. The van der Waals surface area contributed by atoms with Crippen LogP contribution in [-0.4, -0.2) is 48.3 Å². The molecule has 0 unspecified atom stereocenters. The molecule has 1 aromatic rings. The van der Waals surface area contributed by atoms with Crippen molar-refractivity contribution >= 4 is 23.9 Å². The quantitative estimate of drug-likeness (QED) is 0.771. The highest BCUT2D eigenvalue weighted by molar-refractivity contribution is 6.31. The second-order valence-corrected chi connectivity index (χ2v) is 4.70. The average molecular weight is 267 g/mol. The summed E-state index contributed by atoms with van der Waals surface area (Å²) in [5, 5.41) is 0.623. The smallest absolute Gasteiger partial charge is 0.227 e. The van der Waals surface area contributed by atoms with Gasteiger partial charge >= 0.3 is 0 Å². The Morgan fingerprint density at radius 1 is 1.22 bits per heavy atom. The van der Waals surface area contributed by atoms with Crippen molar-refractivity contribution in [3.63, 3.8) is 0 Å². The Labute approximate surface area is 111 Å². The van der Waals surface area contributed by atoms with Crippen molar-refractivity contribution in [1.29, 1.82) is 0 Å². The van der Waals surface area contributed by atoms with E-state index in [1.165, 1.54) is 0 Å². The maximum Gasteiger partial charge on any atom is 0.227 e. The standard InChI is InChI=1S/C13H15ClN2O2/c14-12-4-2-1-3-11(12)9-13(18)16-7-5-15(10-17)6-8-16/h1-4,10H,5-9H2. The number of rotatable bonds is 3. The Morgan fingerprint density at radius 2 is 1.89 bits per heavy atom. The van der Waals surface area contributed by atoms with Gasteiger partial charge in [-0.2, -0.15) is 0 Å². The van der Waals surface area contributed by atoms with Gasteiger partial charge in [0.25, 0.3) is 0 Å². The lowest BCUT2D eigenvalue weighted by Gasteiger charge is -2.32. The van der Waals surface area contributed by atoms with E-state index in [0.717, 1.165) is 12.0 Å². The molecule has 1 saturated heterocycles. The second-order valence-electron chi connectivity index (χ2n) is 4.29. The molecule has 0 saturated carbocycles. The Balaban J connectivity index is 1.93. The van der Waals surface area contributed by atoms with Crippen LogP contribution in [0.1, 0.15) is 5.56 Å². The normalized spacial score (nSPS) is 15.6. The minimum absolute atomic E-state index is 0.0636. The number of benzene rings is 1. The van der Waals surface area contributed by atoms with E-state index in [2.05, 4.69) is 0 Å². The number of carbonyl (C=O) groups is 2. The summed E-state index contributed by atoms with van der Waals surface area (Å²) in [6, 6.07) is 7.37. The van der Waals surface area contributed by atoms with Gasteiger partial charge in [-0.15, -0.1) is 0 Å². The van der Waals surface area contributed by atoms with Gasteiger partial charge in [-0.3, -0.25) is 9.59 Å². The molecular weight excluding hydrogens is 252 g/mol. The Morgan fingerprint density at radius 3 is 2.50 bits per heavy atom. The Bertz CT molecular complexity index is 442. The average Bonchev–Trinajstić information content (AvgIpc) is 2.41. The lowest BCUT2D eigenvalue weighted by atomic mass is 10.1. The van der Waals surface area contributed by atoms with Crippen LogP contribution in [0.25, 0.3) is 0 Å². The predicted molar refractivity (Wildman–Crippen MR) is 69.4 cm³/mol. The molecule has 0 atom stereocenters. The zero-order chi connectivity index (χ0) is 13.0. The molecule has 96 valence electrons. The fourth-order valence-electron chi connectivity index (χ4n) is 1.99. The van der Waals surface area contributed by atoms with Crippen LogP contribution in [0.2, 0.25) is 5.02 Å². The largest absolute Gasteiger partial charge is 0.342 e. The molecule has 0 bridgehead atoms. The van der Waals surface area contributed by atoms with Crippen LogP contribution in [-0.2, 0) is 16.0 Å². The SMILES string of the molecule is O=CN1CCN(C(=O)Cc2ccccc2Cl)CC1. The zero-order valence-corrected chi connectivity index (χ0v) is 10.8. The molecule has 1 aliphatic rings. The van der Waals surface area contributed by atoms with Gasteiger partial charge in [-0.25, -0.2) is 0 Å². The monoisotopic (exact) mass is 266 g/mol. The van der Waals surface area contributed by atoms with E-state index >= 15 is 0 Å². The van der Waals surface area contributed by atoms with E-state index in [1.54, 1.807) is 15.9 Å². The minimum atomic E-state index is 0.0636. The number of halogens is 1. The lowest BCUT2D eigenvalue weighted by molar-refractivity contribution is -0.134. The highest BCUT2D eigenvalue weighted by Crippen LogP contribution is 2.16. The van der Waals surface area contributed by atoms with Crippen LogP contribution >= 0.6 is 11.6 Å². The molecule has 2 rings (SSSR count). The first-order chi connectivity index (χ1) is 8.70. The molecule has 1 fully saturated rings. The molecule has 1 aliphatic heterocycles. The molecule has 0 N–H and O–H groups in total. The topological polar surface area (TPSA) is 40.6 Å². The molecular formula is C13H15ClN2O2. The van der Waals surface area contributed by atoms with Crippen molar-refractivity contribution < 1.29 is 9.59 Å². The summed E-state index contributed by atoms with van der Waals surface area (Å²) in [7, 11) is 0. The summed E-state index contributed by atoms with van der Waals surface area (Å²) in [6.07, 6.45) is 1.15. The fourth-order valence-corrected chi connectivity index (χ4v) is 2.20. The molecule has 4 nitrogen and oxygen atoms in total. The van der Waals surface area contributed by atoms with Crippen molar-refractivity contribution in [3.8, 4) is 0 Å². The first kappa shape index (κ1) is 12.9. The molecule has 0 aliphatic carbocycles. The van der Waals surface area contributed by atoms with Crippen molar-refractivity contribution in [3.05, 3.63) is 34.9 Å². The van der Waals surface area contributed by atoms with Gasteiger partial charge in [-0.05, 0) is 11.6 Å². The van der Waals surface area contributed by atoms with Crippen molar-refractivity contribution in [2.75, 3.05) is 26.2 Å². The third-order valence-corrected chi connectivity index (χ3v) is 3.48. The summed E-state index contributed by atoms with van der Waals surface area (Å²) in [6.45, 7) is 2.42. The zero-order valence-electron chi connectivity index (χ0n) is 10.0. The van der Waals surface area contributed by atoms with E-state index in [0.29, 0.717) is 37.6 Å². The van der Waals surface area contributed by atoms with Crippen LogP contribution in [0.15, 0.2) is 24.3 Å². The van der Waals surface area contributed by atoms with Crippen molar-refractivity contribution in [2.24, 2.45) is 0 Å². The van der Waals surface area contributed by atoms with Crippen molar-refractivity contribution in [1.82, 2.24) is 9.80 Å². The molecule has 18 heavy (non-hydrogen) atoms. The lowest BCUT2D eigenvalue weighted by Crippen LogP contribution is -2.48. The second kappa shape index (κ2) is 5.87. The predicted octanol–water partition coefficient (Wildman–Crippen LogP) is 1.18. The third-order valence-electron chi connectivity index (χ3n) is 3.12. The van der Waals surface area contributed by atoms with Gasteiger partial charge in [-0.1, -0.05) is 29.8 Å². The molecule has 5 heteroatoms. The van der Waals surface area contributed by atoms with Gasteiger partial charge < -0.3 is 9.80 Å². The Kier molecular flexibility index (Phi) is 4.20. The number of nitrogens with zero attached hydrogens (tertiary/aromatic N) is 2. The summed E-state index contributed by atoms with van der Waals surface area (Å²) >= 11 is 6.03. The Hall–Kier alpha value is -1.55. The number of carbonyl (C=O) groups excluding carboxylic acids is 2. The van der Waals surface area contributed by atoms with E-state index < -0.39 is 0 Å². The molecule has 1 heterocycles. The van der Waals surface area contributed by atoms with Gasteiger partial charge in [0.05, 0.1) is 6.42 Å². The van der Waals surface area contributed by atoms with Crippen LogP contribution in [0.4, 0.5) is 0 Å². The highest BCUT2D eigenvalue weighted by Gasteiger charge is 2.20. The van der Waals surface area contributed by atoms with Crippen LogP contribution in [0.5, 0.6) is 0 Å².